The third-order valence-corrected chi connectivity index (χ3v) is 2.78. The average Bonchev–Trinajstić information content (AvgIpc) is 2.31. The lowest BCUT2D eigenvalue weighted by Gasteiger charge is -2.23. The SMILES string of the molecule is CC(C)(C)OC(=O)N1CCS(=O)C1. The van der Waals surface area contributed by atoms with Gasteiger partial charge in [-0.15, -0.1) is 0 Å². The van der Waals surface area contributed by atoms with Crippen molar-refractivity contribution in [3.63, 3.8) is 0 Å². The minimum atomic E-state index is -0.877. The van der Waals surface area contributed by atoms with Crippen molar-refractivity contribution in [3.8, 4) is 0 Å². The van der Waals surface area contributed by atoms with Crippen molar-refractivity contribution in [1.29, 1.82) is 0 Å². The third-order valence-electron chi connectivity index (χ3n) is 1.54. The van der Waals surface area contributed by atoms with E-state index >= 15 is 0 Å². The van der Waals surface area contributed by atoms with E-state index < -0.39 is 16.4 Å². The summed E-state index contributed by atoms with van der Waals surface area (Å²) in [4.78, 5) is 12.9. The summed E-state index contributed by atoms with van der Waals surface area (Å²) in [6, 6.07) is 0. The number of amides is 1. The monoisotopic (exact) mass is 205 g/mol. The Kier molecular flexibility index (Phi) is 2.95. The van der Waals surface area contributed by atoms with E-state index in [0.29, 0.717) is 18.2 Å². The molecule has 5 heteroatoms. The zero-order chi connectivity index (χ0) is 10.1. The quantitative estimate of drug-likeness (QED) is 0.591. The smallest absolute Gasteiger partial charge is 0.411 e. The molecule has 0 aromatic heterocycles. The minimum absolute atomic E-state index is 0.314. The Bertz CT molecular complexity index is 234. The van der Waals surface area contributed by atoms with Crippen LogP contribution >= 0.6 is 0 Å². The molecule has 1 heterocycles. The second-order valence-electron chi connectivity index (χ2n) is 4.02. The first-order valence-electron chi connectivity index (χ1n) is 4.21. The van der Waals surface area contributed by atoms with Crippen molar-refractivity contribution < 1.29 is 13.7 Å². The molecule has 1 aliphatic heterocycles. The number of hydrogen-bond acceptors (Lipinski definition) is 3. The molecule has 1 aliphatic rings. The second kappa shape index (κ2) is 3.65. The van der Waals surface area contributed by atoms with E-state index in [1.165, 1.54) is 4.90 Å². The summed E-state index contributed by atoms with van der Waals surface area (Å²) in [7, 11) is -0.877. The zero-order valence-electron chi connectivity index (χ0n) is 8.20. The Hall–Kier alpha value is -0.580. The highest BCUT2D eigenvalue weighted by Crippen LogP contribution is 2.12. The number of ether oxygens (including phenoxy) is 1. The summed E-state index contributed by atoms with van der Waals surface area (Å²) in [5.41, 5.74) is -0.471. The fourth-order valence-electron chi connectivity index (χ4n) is 0.985. The van der Waals surface area contributed by atoms with Crippen LogP contribution < -0.4 is 0 Å². The predicted octanol–water partition coefficient (Wildman–Crippen LogP) is 0.943. The number of carbonyl (C=O) groups excluding carboxylic acids is 1. The van der Waals surface area contributed by atoms with E-state index in [1.54, 1.807) is 0 Å². The Balaban J connectivity index is 2.45. The van der Waals surface area contributed by atoms with Crippen LogP contribution in [-0.4, -0.2) is 39.0 Å². The van der Waals surface area contributed by atoms with Crippen molar-refractivity contribution in [1.82, 2.24) is 4.90 Å². The van der Waals surface area contributed by atoms with Crippen LogP contribution in [-0.2, 0) is 15.5 Å². The Morgan fingerprint density at radius 3 is 2.46 bits per heavy atom. The molecule has 1 atom stereocenters. The molecule has 0 saturated carbocycles. The molecule has 1 fully saturated rings. The van der Waals surface area contributed by atoms with Gasteiger partial charge in [0.25, 0.3) is 0 Å². The molecule has 0 radical (unpaired) electrons. The molecule has 0 N–H and O–H groups in total. The highest BCUT2D eigenvalue weighted by molar-refractivity contribution is 7.85. The summed E-state index contributed by atoms with van der Waals surface area (Å²) >= 11 is 0. The molecular formula is C8H15NO3S. The van der Waals surface area contributed by atoms with Crippen LogP contribution in [0.3, 0.4) is 0 Å². The van der Waals surface area contributed by atoms with Gasteiger partial charge in [-0.05, 0) is 20.8 Å². The van der Waals surface area contributed by atoms with Crippen molar-refractivity contribution >= 4 is 16.9 Å². The summed E-state index contributed by atoms with van der Waals surface area (Å²) < 4.78 is 16.1. The van der Waals surface area contributed by atoms with Crippen molar-refractivity contribution in [2.24, 2.45) is 0 Å². The fraction of sp³-hybridized carbons (Fsp3) is 0.875. The van der Waals surface area contributed by atoms with Crippen molar-refractivity contribution in [3.05, 3.63) is 0 Å². The van der Waals surface area contributed by atoms with E-state index in [0.717, 1.165) is 0 Å². The van der Waals surface area contributed by atoms with Crippen LogP contribution in [0.5, 0.6) is 0 Å². The molecule has 13 heavy (non-hydrogen) atoms. The van der Waals surface area contributed by atoms with Crippen LogP contribution in [0.15, 0.2) is 0 Å². The van der Waals surface area contributed by atoms with Crippen molar-refractivity contribution in [2.75, 3.05) is 18.2 Å². The van der Waals surface area contributed by atoms with Gasteiger partial charge in [-0.25, -0.2) is 4.79 Å². The van der Waals surface area contributed by atoms with Crippen LogP contribution in [0.1, 0.15) is 20.8 Å². The molecule has 0 aliphatic carbocycles. The Morgan fingerprint density at radius 2 is 2.08 bits per heavy atom. The van der Waals surface area contributed by atoms with E-state index in [-0.39, 0.29) is 6.09 Å². The Morgan fingerprint density at radius 1 is 1.46 bits per heavy atom. The standard InChI is InChI=1S/C8H15NO3S/c1-8(2,3)12-7(10)9-4-5-13(11)6-9/h4-6H2,1-3H3. The van der Waals surface area contributed by atoms with Gasteiger partial charge in [0.1, 0.15) is 5.60 Å². The average molecular weight is 205 g/mol. The maximum Gasteiger partial charge on any atom is 0.411 e. The van der Waals surface area contributed by atoms with E-state index in [1.807, 2.05) is 20.8 Å². The fourth-order valence-corrected chi connectivity index (χ4v) is 2.12. The van der Waals surface area contributed by atoms with Gasteiger partial charge < -0.3 is 4.74 Å². The molecule has 0 aromatic rings. The molecule has 0 aromatic carbocycles. The van der Waals surface area contributed by atoms with E-state index in [9.17, 15) is 9.00 Å². The van der Waals surface area contributed by atoms with Gasteiger partial charge in [0.05, 0.1) is 5.88 Å². The predicted molar refractivity (Wildman–Crippen MR) is 50.8 cm³/mol. The van der Waals surface area contributed by atoms with Crippen LogP contribution in [0, 0.1) is 0 Å². The van der Waals surface area contributed by atoms with Gasteiger partial charge in [0.15, 0.2) is 0 Å². The number of rotatable bonds is 0. The molecule has 4 nitrogen and oxygen atoms in total. The summed E-state index contributed by atoms with van der Waals surface area (Å²) in [6.45, 7) is 6.00. The molecule has 76 valence electrons. The number of carbonyl (C=O) groups is 1. The Labute approximate surface area is 80.7 Å². The maximum absolute atomic E-state index is 11.4. The van der Waals surface area contributed by atoms with Crippen LogP contribution in [0.4, 0.5) is 4.79 Å². The molecule has 1 saturated heterocycles. The molecule has 0 spiro atoms. The van der Waals surface area contributed by atoms with Gasteiger partial charge in [0, 0.05) is 23.1 Å². The lowest BCUT2D eigenvalue weighted by Crippen LogP contribution is -2.35. The van der Waals surface area contributed by atoms with Gasteiger partial charge >= 0.3 is 6.09 Å². The van der Waals surface area contributed by atoms with Crippen molar-refractivity contribution in [2.45, 2.75) is 26.4 Å². The van der Waals surface area contributed by atoms with Gasteiger partial charge in [0.2, 0.25) is 0 Å². The molecule has 1 rings (SSSR count). The molecule has 0 bridgehead atoms. The highest BCUT2D eigenvalue weighted by Gasteiger charge is 2.27. The lowest BCUT2D eigenvalue weighted by molar-refractivity contribution is 0.0307. The van der Waals surface area contributed by atoms with Crippen LogP contribution in [0.2, 0.25) is 0 Å². The first-order valence-corrected chi connectivity index (χ1v) is 5.70. The molecule has 1 amide bonds. The summed E-state index contributed by atoms with van der Waals surface area (Å²) in [5.74, 6) is 0.883. The van der Waals surface area contributed by atoms with E-state index in [4.69, 9.17) is 4.74 Å². The lowest BCUT2D eigenvalue weighted by atomic mass is 10.2. The van der Waals surface area contributed by atoms with Gasteiger partial charge in [-0.1, -0.05) is 0 Å². The third kappa shape index (κ3) is 3.34. The molecule has 1 unspecified atom stereocenters. The van der Waals surface area contributed by atoms with Gasteiger partial charge in [-0.3, -0.25) is 9.11 Å². The first-order chi connectivity index (χ1) is 5.88. The number of nitrogens with zero attached hydrogens (tertiary/aromatic N) is 1. The van der Waals surface area contributed by atoms with Gasteiger partial charge in [-0.2, -0.15) is 0 Å². The number of hydrogen-bond donors (Lipinski definition) is 0. The summed E-state index contributed by atoms with van der Waals surface area (Å²) in [5, 5.41) is 0. The second-order valence-corrected chi connectivity index (χ2v) is 5.56. The zero-order valence-corrected chi connectivity index (χ0v) is 9.02. The largest absolute Gasteiger partial charge is 0.444 e. The van der Waals surface area contributed by atoms with E-state index in [2.05, 4.69) is 0 Å². The minimum Gasteiger partial charge on any atom is -0.444 e. The topological polar surface area (TPSA) is 46.6 Å². The first kappa shape index (κ1) is 10.5. The summed E-state index contributed by atoms with van der Waals surface area (Å²) in [6.07, 6.45) is -0.363. The molecular weight excluding hydrogens is 190 g/mol. The maximum atomic E-state index is 11.4. The highest BCUT2D eigenvalue weighted by atomic mass is 32.2. The normalized spacial score (nSPS) is 23.3. The van der Waals surface area contributed by atoms with Crippen LogP contribution in [0.25, 0.3) is 0 Å².